The minimum atomic E-state index is 0.0414. The average molecular weight is 281 g/mol. The lowest BCUT2D eigenvalue weighted by atomic mass is 10.1. The SMILES string of the molecule is CCc1ccc2ncn(CCBr)c(=O)c2c1. The van der Waals surface area contributed by atoms with Crippen molar-refractivity contribution >= 4 is 26.8 Å². The summed E-state index contributed by atoms with van der Waals surface area (Å²) in [5.74, 6) is 0. The Kier molecular flexibility index (Phi) is 3.39. The molecular formula is C12H13BrN2O. The van der Waals surface area contributed by atoms with Gasteiger partial charge in [0, 0.05) is 11.9 Å². The van der Waals surface area contributed by atoms with Crippen molar-refractivity contribution in [1.82, 2.24) is 9.55 Å². The van der Waals surface area contributed by atoms with Gasteiger partial charge in [-0.2, -0.15) is 0 Å². The number of aryl methyl sites for hydroxylation is 2. The summed E-state index contributed by atoms with van der Waals surface area (Å²) in [6, 6.07) is 5.87. The van der Waals surface area contributed by atoms with Crippen LogP contribution in [-0.4, -0.2) is 14.9 Å². The molecule has 0 unspecified atom stereocenters. The summed E-state index contributed by atoms with van der Waals surface area (Å²) < 4.78 is 1.64. The number of hydrogen-bond donors (Lipinski definition) is 0. The molecule has 0 saturated heterocycles. The number of hydrogen-bond acceptors (Lipinski definition) is 2. The maximum absolute atomic E-state index is 12.1. The van der Waals surface area contributed by atoms with Gasteiger partial charge in [-0.05, 0) is 24.1 Å². The minimum absolute atomic E-state index is 0.0414. The van der Waals surface area contributed by atoms with E-state index in [9.17, 15) is 4.79 Å². The molecule has 2 rings (SSSR count). The highest BCUT2D eigenvalue weighted by Crippen LogP contribution is 2.10. The molecule has 0 fully saturated rings. The van der Waals surface area contributed by atoms with Gasteiger partial charge in [0.15, 0.2) is 0 Å². The van der Waals surface area contributed by atoms with E-state index >= 15 is 0 Å². The maximum Gasteiger partial charge on any atom is 0.261 e. The Labute approximate surface area is 102 Å². The van der Waals surface area contributed by atoms with Crippen molar-refractivity contribution in [3.63, 3.8) is 0 Å². The van der Waals surface area contributed by atoms with E-state index in [1.165, 1.54) is 5.56 Å². The number of benzene rings is 1. The van der Waals surface area contributed by atoms with Gasteiger partial charge in [0.1, 0.15) is 0 Å². The van der Waals surface area contributed by atoms with Crippen LogP contribution in [0.5, 0.6) is 0 Å². The van der Waals surface area contributed by atoms with Gasteiger partial charge in [-0.15, -0.1) is 0 Å². The Balaban J connectivity index is 2.66. The van der Waals surface area contributed by atoms with Gasteiger partial charge in [0.25, 0.3) is 5.56 Å². The van der Waals surface area contributed by atoms with Crippen LogP contribution < -0.4 is 5.56 Å². The van der Waals surface area contributed by atoms with Crippen LogP contribution in [0.1, 0.15) is 12.5 Å². The van der Waals surface area contributed by atoms with Gasteiger partial charge in [-0.3, -0.25) is 9.36 Å². The van der Waals surface area contributed by atoms with Gasteiger partial charge >= 0.3 is 0 Å². The van der Waals surface area contributed by atoms with Crippen molar-refractivity contribution in [2.75, 3.05) is 5.33 Å². The predicted octanol–water partition coefficient (Wildman–Crippen LogP) is 2.35. The number of nitrogens with zero attached hydrogens (tertiary/aromatic N) is 2. The molecule has 0 spiro atoms. The Bertz CT molecular complexity index is 562. The quantitative estimate of drug-likeness (QED) is 0.809. The number of fused-ring (bicyclic) bond motifs is 1. The summed E-state index contributed by atoms with van der Waals surface area (Å²) in [6.45, 7) is 2.73. The van der Waals surface area contributed by atoms with Crippen molar-refractivity contribution < 1.29 is 0 Å². The average Bonchev–Trinajstić information content (AvgIpc) is 2.33. The van der Waals surface area contributed by atoms with E-state index < -0.39 is 0 Å². The van der Waals surface area contributed by atoms with Crippen molar-refractivity contribution in [2.45, 2.75) is 19.9 Å². The fourth-order valence-corrected chi connectivity index (χ4v) is 2.06. The highest BCUT2D eigenvalue weighted by Gasteiger charge is 2.04. The normalized spacial score (nSPS) is 10.9. The van der Waals surface area contributed by atoms with Gasteiger partial charge in [0.2, 0.25) is 0 Å². The molecule has 1 aromatic carbocycles. The first-order valence-electron chi connectivity index (χ1n) is 5.30. The van der Waals surface area contributed by atoms with Crippen LogP contribution in [0, 0.1) is 0 Å². The first-order valence-corrected chi connectivity index (χ1v) is 6.42. The molecular weight excluding hydrogens is 268 g/mol. The van der Waals surface area contributed by atoms with Crippen LogP contribution in [0.3, 0.4) is 0 Å². The van der Waals surface area contributed by atoms with Gasteiger partial charge < -0.3 is 0 Å². The second kappa shape index (κ2) is 4.78. The Morgan fingerprint density at radius 1 is 1.44 bits per heavy atom. The molecule has 1 heterocycles. The number of alkyl halides is 1. The van der Waals surface area contributed by atoms with Gasteiger partial charge in [-0.1, -0.05) is 28.9 Å². The molecule has 16 heavy (non-hydrogen) atoms. The second-order valence-electron chi connectivity index (χ2n) is 3.64. The number of rotatable bonds is 3. The number of halogens is 1. The molecule has 0 radical (unpaired) electrons. The molecule has 0 saturated carbocycles. The van der Waals surface area contributed by atoms with E-state index in [0.717, 1.165) is 17.3 Å². The van der Waals surface area contributed by atoms with Gasteiger partial charge in [0.05, 0.1) is 17.2 Å². The summed E-state index contributed by atoms with van der Waals surface area (Å²) >= 11 is 3.32. The molecule has 0 aliphatic rings. The summed E-state index contributed by atoms with van der Waals surface area (Å²) in [5, 5.41) is 1.47. The van der Waals surface area contributed by atoms with Crippen LogP contribution in [0.4, 0.5) is 0 Å². The summed E-state index contributed by atoms with van der Waals surface area (Å²) in [5.41, 5.74) is 1.98. The zero-order valence-corrected chi connectivity index (χ0v) is 10.7. The van der Waals surface area contributed by atoms with E-state index in [1.54, 1.807) is 10.9 Å². The highest BCUT2D eigenvalue weighted by molar-refractivity contribution is 9.09. The predicted molar refractivity (Wildman–Crippen MR) is 69.2 cm³/mol. The Morgan fingerprint density at radius 2 is 2.25 bits per heavy atom. The minimum Gasteiger partial charge on any atom is -0.298 e. The second-order valence-corrected chi connectivity index (χ2v) is 4.43. The monoisotopic (exact) mass is 280 g/mol. The topological polar surface area (TPSA) is 34.9 Å². The van der Waals surface area contributed by atoms with Crippen molar-refractivity contribution in [3.8, 4) is 0 Å². The molecule has 84 valence electrons. The van der Waals surface area contributed by atoms with Crippen molar-refractivity contribution in [2.24, 2.45) is 0 Å². The van der Waals surface area contributed by atoms with Crippen LogP contribution >= 0.6 is 15.9 Å². The smallest absolute Gasteiger partial charge is 0.261 e. The lowest BCUT2D eigenvalue weighted by Crippen LogP contribution is -2.21. The highest BCUT2D eigenvalue weighted by atomic mass is 79.9. The third kappa shape index (κ3) is 2.02. The summed E-state index contributed by atoms with van der Waals surface area (Å²) in [7, 11) is 0. The Morgan fingerprint density at radius 3 is 2.94 bits per heavy atom. The summed E-state index contributed by atoms with van der Waals surface area (Å²) in [4.78, 5) is 16.4. The van der Waals surface area contributed by atoms with Crippen LogP contribution in [0.25, 0.3) is 10.9 Å². The van der Waals surface area contributed by atoms with Crippen molar-refractivity contribution in [3.05, 3.63) is 40.4 Å². The van der Waals surface area contributed by atoms with Crippen molar-refractivity contribution in [1.29, 1.82) is 0 Å². The molecule has 0 amide bonds. The first-order chi connectivity index (χ1) is 7.76. The van der Waals surface area contributed by atoms with Gasteiger partial charge in [-0.25, -0.2) is 4.98 Å². The summed E-state index contributed by atoms with van der Waals surface area (Å²) in [6.07, 6.45) is 2.54. The van der Waals surface area contributed by atoms with Crippen LogP contribution in [0.2, 0.25) is 0 Å². The standard InChI is InChI=1S/C12H13BrN2O/c1-2-9-3-4-11-10(7-9)12(16)15(6-5-13)8-14-11/h3-4,7-8H,2,5-6H2,1H3. The van der Waals surface area contributed by atoms with E-state index in [2.05, 4.69) is 27.8 Å². The maximum atomic E-state index is 12.1. The molecule has 2 aromatic rings. The molecule has 1 aromatic heterocycles. The fourth-order valence-electron chi connectivity index (χ4n) is 1.68. The fraction of sp³-hybridized carbons (Fsp3) is 0.333. The zero-order chi connectivity index (χ0) is 11.5. The molecule has 0 aliphatic carbocycles. The van der Waals surface area contributed by atoms with E-state index in [1.807, 2.05) is 18.2 Å². The molecule has 4 heteroatoms. The molecule has 0 atom stereocenters. The first kappa shape index (κ1) is 11.3. The lowest BCUT2D eigenvalue weighted by molar-refractivity contribution is 0.728. The molecule has 0 N–H and O–H groups in total. The third-order valence-corrected chi connectivity index (χ3v) is 2.98. The lowest BCUT2D eigenvalue weighted by Gasteiger charge is -2.05. The zero-order valence-electron chi connectivity index (χ0n) is 9.11. The van der Waals surface area contributed by atoms with E-state index in [4.69, 9.17) is 0 Å². The Hall–Kier alpha value is -1.16. The van der Waals surface area contributed by atoms with E-state index in [0.29, 0.717) is 11.9 Å². The van der Waals surface area contributed by atoms with Crippen LogP contribution in [0.15, 0.2) is 29.3 Å². The number of aromatic nitrogens is 2. The molecule has 0 bridgehead atoms. The van der Waals surface area contributed by atoms with Crippen LogP contribution in [-0.2, 0) is 13.0 Å². The largest absolute Gasteiger partial charge is 0.298 e. The molecule has 3 nitrogen and oxygen atoms in total. The third-order valence-electron chi connectivity index (χ3n) is 2.62. The van der Waals surface area contributed by atoms with E-state index in [-0.39, 0.29) is 5.56 Å². The molecule has 0 aliphatic heterocycles.